The molecule has 0 radical (unpaired) electrons. The van der Waals surface area contributed by atoms with Gasteiger partial charge in [0.2, 0.25) is 0 Å². The fourth-order valence-corrected chi connectivity index (χ4v) is 3.65. The van der Waals surface area contributed by atoms with Gasteiger partial charge in [-0.15, -0.1) is 0 Å². The van der Waals surface area contributed by atoms with E-state index in [0.29, 0.717) is 0 Å². The number of ether oxygens (including phenoxy) is 1. The maximum absolute atomic E-state index is 12.4. The first-order valence-electron chi connectivity index (χ1n) is 7.33. The van der Waals surface area contributed by atoms with Crippen LogP contribution in [0.5, 0.6) is 0 Å². The van der Waals surface area contributed by atoms with Crippen molar-refractivity contribution in [1.29, 1.82) is 0 Å². The molecular weight excluding hydrogens is 252 g/mol. The van der Waals surface area contributed by atoms with E-state index in [4.69, 9.17) is 4.74 Å². The van der Waals surface area contributed by atoms with Crippen molar-refractivity contribution in [3.63, 3.8) is 0 Å². The van der Waals surface area contributed by atoms with Crippen LogP contribution in [0.2, 0.25) is 0 Å². The number of benzene rings is 1. The van der Waals surface area contributed by atoms with Gasteiger partial charge in [0.1, 0.15) is 0 Å². The molecule has 2 atom stereocenters. The zero-order valence-corrected chi connectivity index (χ0v) is 12.2. The number of hydrogen-bond donors (Lipinski definition) is 1. The number of carbonyl (C=O) groups excluding carboxylic acids is 1. The second-order valence-corrected chi connectivity index (χ2v) is 5.90. The van der Waals surface area contributed by atoms with Gasteiger partial charge in [-0.1, -0.05) is 17.7 Å². The third-order valence-corrected chi connectivity index (χ3v) is 4.69. The first-order chi connectivity index (χ1) is 9.65. The molecule has 1 N–H and O–H groups in total. The van der Waals surface area contributed by atoms with E-state index in [1.54, 1.807) is 0 Å². The molecule has 108 valence electrons. The maximum Gasteiger partial charge on any atom is 0.333 e. The molecule has 2 unspecified atom stereocenters. The van der Waals surface area contributed by atoms with Crippen LogP contribution in [0.25, 0.3) is 0 Å². The molecule has 0 spiro atoms. The van der Waals surface area contributed by atoms with Gasteiger partial charge in [-0.2, -0.15) is 0 Å². The molecule has 4 heteroatoms. The van der Waals surface area contributed by atoms with Gasteiger partial charge in [-0.05, 0) is 44.9 Å². The van der Waals surface area contributed by atoms with E-state index >= 15 is 0 Å². The molecule has 2 saturated heterocycles. The van der Waals surface area contributed by atoms with E-state index in [1.807, 2.05) is 12.1 Å². The van der Waals surface area contributed by atoms with Gasteiger partial charge in [0.25, 0.3) is 0 Å². The summed E-state index contributed by atoms with van der Waals surface area (Å²) in [4.78, 5) is 14.9. The summed E-state index contributed by atoms with van der Waals surface area (Å²) in [6.07, 6.45) is 3.05. The van der Waals surface area contributed by atoms with Gasteiger partial charge >= 0.3 is 5.97 Å². The lowest BCUT2D eigenvalue weighted by Crippen LogP contribution is -2.54. The summed E-state index contributed by atoms with van der Waals surface area (Å²) in [6, 6.07) is 8.47. The topological polar surface area (TPSA) is 41.6 Å². The Morgan fingerprint density at radius 2 is 2.10 bits per heavy atom. The molecule has 2 aliphatic heterocycles. The first-order valence-corrected chi connectivity index (χ1v) is 7.33. The number of nitrogens with zero attached hydrogens (tertiary/aromatic N) is 1. The average Bonchev–Trinajstić information content (AvgIpc) is 3.05. The van der Waals surface area contributed by atoms with Gasteiger partial charge in [-0.25, -0.2) is 4.79 Å². The number of fused-ring (bicyclic) bond motifs is 1. The average molecular weight is 274 g/mol. The fourth-order valence-electron chi connectivity index (χ4n) is 3.65. The molecule has 1 aromatic rings. The van der Waals surface area contributed by atoms with E-state index in [1.165, 1.54) is 19.1 Å². The molecular formula is C16H22N2O2. The lowest BCUT2D eigenvalue weighted by atomic mass is 9.88. The minimum absolute atomic E-state index is 0.132. The second kappa shape index (κ2) is 5.09. The second-order valence-electron chi connectivity index (χ2n) is 5.90. The van der Waals surface area contributed by atoms with E-state index in [-0.39, 0.29) is 12.0 Å². The van der Waals surface area contributed by atoms with Crippen molar-refractivity contribution in [2.24, 2.45) is 0 Å². The Labute approximate surface area is 120 Å². The van der Waals surface area contributed by atoms with Crippen molar-refractivity contribution in [2.45, 2.75) is 37.8 Å². The van der Waals surface area contributed by atoms with Crippen molar-refractivity contribution < 1.29 is 9.53 Å². The van der Waals surface area contributed by atoms with E-state index < -0.39 is 5.54 Å². The number of methoxy groups -OCH3 is 1. The van der Waals surface area contributed by atoms with E-state index in [0.717, 1.165) is 31.6 Å². The van der Waals surface area contributed by atoms with E-state index in [9.17, 15) is 4.79 Å². The molecule has 2 fully saturated rings. The van der Waals surface area contributed by atoms with Crippen LogP contribution in [0.1, 0.15) is 24.8 Å². The number of esters is 1. The summed E-state index contributed by atoms with van der Waals surface area (Å²) in [5.74, 6) is -0.132. The highest BCUT2D eigenvalue weighted by molar-refractivity contribution is 5.86. The minimum Gasteiger partial charge on any atom is -0.467 e. The number of anilines is 1. The third kappa shape index (κ3) is 2.08. The Morgan fingerprint density at radius 1 is 1.35 bits per heavy atom. The van der Waals surface area contributed by atoms with Gasteiger partial charge in [0.15, 0.2) is 5.54 Å². The van der Waals surface area contributed by atoms with Crippen molar-refractivity contribution in [1.82, 2.24) is 4.90 Å². The van der Waals surface area contributed by atoms with Crippen LogP contribution in [0.4, 0.5) is 5.69 Å². The van der Waals surface area contributed by atoms with Crippen LogP contribution in [0, 0.1) is 6.92 Å². The molecule has 0 bridgehead atoms. The van der Waals surface area contributed by atoms with Crippen LogP contribution in [-0.2, 0) is 9.53 Å². The number of nitrogens with one attached hydrogen (secondary N) is 1. The Kier molecular flexibility index (Phi) is 3.42. The molecule has 2 aliphatic rings. The monoisotopic (exact) mass is 274 g/mol. The van der Waals surface area contributed by atoms with Crippen LogP contribution < -0.4 is 5.32 Å². The van der Waals surface area contributed by atoms with Crippen molar-refractivity contribution >= 4 is 11.7 Å². The van der Waals surface area contributed by atoms with Crippen molar-refractivity contribution in [2.75, 3.05) is 25.5 Å². The predicted octanol–water partition coefficient (Wildman–Crippen LogP) is 2.19. The molecule has 2 heterocycles. The van der Waals surface area contributed by atoms with Gasteiger partial charge in [-0.3, -0.25) is 4.90 Å². The zero-order valence-electron chi connectivity index (χ0n) is 12.2. The predicted molar refractivity (Wildman–Crippen MR) is 78.8 cm³/mol. The van der Waals surface area contributed by atoms with Crippen molar-refractivity contribution in [3.8, 4) is 0 Å². The van der Waals surface area contributed by atoms with E-state index in [2.05, 4.69) is 29.3 Å². The highest BCUT2D eigenvalue weighted by atomic mass is 16.5. The third-order valence-electron chi connectivity index (χ3n) is 4.69. The SMILES string of the molecule is COC(=O)C1(Nc2ccc(C)cc2)CCN2CCCC21. The number of hydrogen-bond acceptors (Lipinski definition) is 4. The molecule has 20 heavy (non-hydrogen) atoms. The molecule has 1 aromatic carbocycles. The molecule has 3 rings (SSSR count). The summed E-state index contributed by atoms with van der Waals surface area (Å²) in [7, 11) is 1.48. The molecule has 4 nitrogen and oxygen atoms in total. The lowest BCUT2D eigenvalue weighted by Gasteiger charge is -2.34. The lowest BCUT2D eigenvalue weighted by molar-refractivity contribution is -0.146. The smallest absolute Gasteiger partial charge is 0.333 e. The highest BCUT2D eigenvalue weighted by Gasteiger charge is 2.55. The van der Waals surface area contributed by atoms with Crippen molar-refractivity contribution in [3.05, 3.63) is 29.8 Å². The number of aryl methyl sites for hydroxylation is 1. The summed E-state index contributed by atoms with van der Waals surface area (Å²) in [6.45, 7) is 4.13. The zero-order chi connectivity index (χ0) is 14.2. The van der Waals surface area contributed by atoms with Crippen LogP contribution >= 0.6 is 0 Å². The summed E-state index contributed by atoms with van der Waals surface area (Å²) in [5.41, 5.74) is 1.63. The fraction of sp³-hybridized carbons (Fsp3) is 0.562. The number of rotatable bonds is 3. The maximum atomic E-state index is 12.4. The Bertz CT molecular complexity index is 500. The number of carbonyl (C=O) groups is 1. The minimum atomic E-state index is -0.583. The largest absolute Gasteiger partial charge is 0.467 e. The molecule has 0 aliphatic carbocycles. The van der Waals surface area contributed by atoms with Gasteiger partial charge < -0.3 is 10.1 Å². The highest BCUT2D eigenvalue weighted by Crippen LogP contribution is 2.39. The quantitative estimate of drug-likeness (QED) is 0.858. The normalized spacial score (nSPS) is 29.2. The summed E-state index contributed by atoms with van der Waals surface area (Å²) in [5, 5.41) is 3.49. The first kappa shape index (κ1) is 13.4. The Morgan fingerprint density at radius 3 is 2.80 bits per heavy atom. The Hall–Kier alpha value is -1.55. The molecule has 0 aromatic heterocycles. The van der Waals surface area contributed by atoms with Crippen LogP contribution in [0.3, 0.4) is 0 Å². The standard InChI is InChI=1S/C16H22N2O2/c1-12-5-7-13(8-6-12)17-16(15(19)20-2)9-11-18-10-3-4-14(16)18/h5-8,14,17H,3-4,9-11H2,1-2H3. The summed E-state index contributed by atoms with van der Waals surface area (Å²) < 4.78 is 5.11. The Balaban J connectivity index is 1.90. The summed E-state index contributed by atoms with van der Waals surface area (Å²) >= 11 is 0. The molecule has 0 saturated carbocycles. The van der Waals surface area contributed by atoms with Crippen LogP contribution in [0.15, 0.2) is 24.3 Å². The van der Waals surface area contributed by atoms with Crippen LogP contribution in [-0.4, -0.2) is 42.6 Å². The molecule has 0 amide bonds. The van der Waals surface area contributed by atoms with Gasteiger partial charge in [0.05, 0.1) is 7.11 Å². The van der Waals surface area contributed by atoms with Gasteiger partial charge in [0, 0.05) is 18.3 Å².